The predicted molar refractivity (Wildman–Crippen MR) is 230 cm³/mol. The first-order valence-corrected chi connectivity index (χ1v) is 19.1. The van der Waals surface area contributed by atoms with Gasteiger partial charge in [0.05, 0.1) is 0 Å². The smallest absolute Gasteiger partial charge is 0.164 e. The van der Waals surface area contributed by atoms with E-state index in [1.165, 1.54) is 22.3 Å². The fourth-order valence-electron chi connectivity index (χ4n) is 7.70. The van der Waals surface area contributed by atoms with Gasteiger partial charge in [0, 0.05) is 28.5 Å². The number of rotatable bonds is 10. The van der Waals surface area contributed by atoms with Crippen LogP contribution in [-0.2, 0) is 0 Å². The van der Waals surface area contributed by atoms with E-state index in [9.17, 15) is 0 Å². The second kappa shape index (κ2) is 16.0. The summed E-state index contributed by atoms with van der Waals surface area (Å²) < 4.78 is 0. The van der Waals surface area contributed by atoms with Gasteiger partial charge in [-0.2, -0.15) is 0 Å². The minimum atomic E-state index is 0.0790. The molecule has 8 aromatic carbocycles. The average molecular weight is 718 g/mol. The minimum absolute atomic E-state index is 0.0790. The summed E-state index contributed by atoms with van der Waals surface area (Å²) in [5.74, 6) is 2.10. The van der Waals surface area contributed by atoms with Crippen LogP contribution < -0.4 is 0 Å². The summed E-state index contributed by atoms with van der Waals surface area (Å²) in [5.41, 5.74) is 12.4. The molecule has 0 spiro atoms. The van der Waals surface area contributed by atoms with E-state index in [-0.39, 0.29) is 11.8 Å². The fraction of sp³-hybridized carbons (Fsp3) is 0.0377. The van der Waals surface area contributed by atoms with Crippen LogP contribution in [0, 0.1) is 0 Å². The molecule has 0 radical (unpaired) electrons. The van der Waals surface area contributed by atoms with E-state index in [0.717, 1.165) is 38.9 Å². The highest BCUT2D eigenvalue weighted by Gasteiger charge is 2.28. The van der Waals surface area contributed by atoms with Gasteiger partial charge in [0.25, 0.3) is 0 Å². The Morgan fingerprint density at radius 2 is 0.500 bits per heavy atom. The van der Waals surface area contributed by atoms with E-state index >= 15 is 0 Å². The van der Waals surface area contributed by atoms with Gasteiger partial charge in [-0.15, -0.1) is 0 Å². The molecule has 266 valence electrons. The largest absolute Gasteiger partial charge is 0.208 e. The van der Waals surface area contributed by atoms with Crippen LogP contribution in [0.4, 0.5) is 0 Å². The molecule has 3 heteroatoms. The Hall–Kier alpha value is -7.23. The summed E-state index contributed by atoms with van der Waals surface area (Å²) >= 11 is 0. The highest BCUT2D eigenvalue weighted by molar-refractivity contribution is 5.75. The van der Waals surface area contributed by atoms with Crippen molar-refractivity contribution in [1.29, 1.82) is 0 Å². The zero-order valence-corrected chi connectivity index (χ0v) is 30.9. The second-order valence-electron chi connectivity index (χ2n) is 14.0. The zero-order valence-electron chi connectivity index (χ0n) is 30.9. The number of nitrogens with zero attached hydrogens (tertiary/aromatic N) is 3. The Morgan fingerprint density at radius 3 is 0.964 bits per heavy atom. The van der Waals surface area contributed by atoms with Crippen LogP contribution in [0.2, 0.25) is 0 Å². The van der Waals surface area contributed by atoms with Gasteiger partial charge in [0.1, 0.15) is 0 Å². The normalized spacial score (nSPS) is 11.7. The summed E-state index contributed by atoms with van der Waals surface area (Å²) in [7, 11) is 0. The molecule has 1 heterocycles. The maximum absolute atomic E-state index is 5.12. The van der Waals surface area contributed by atoms with E-state index in [0.29, 0.717) is 17.5 Å². The third kappa shape index (κ3) is 7.44. The number of benzene rings is 8. The van der Waals surface area contributed by atoms with Gasteiger partial charge in [0.2, 0.25) is 0 Å². The molecule has 1 aromatic heterocycles. The molecule has 0 saturated heterocycles. The number of aromatic nitrogens is 3. The van der Waals surface area contributed by atoms with Crippen molar-refractivity contribution in [3.05, 3.63) is 247 Å². The quantitative estimate of drug-likeness (QED) is 0.141. The van der Waals surface area contributed by atoms with Crippen LogP contribution in [0.5, 0.6) is 0 Å². The van der Waals surface area contributed by atoms with E-state index in [1.807, 2.05) is 36.4 Å². The number of hydrogen-bond donors (Lipinski definition) is 0. The third-order valence-corrected chi connectivity index (χ3v) is 10.4. The lowest BCUT2D eigenvalue weighted by molar-refractivity contribution is 0.694. The molecule has 9 rings (SSSR count). The standard InChI is InChI=1S/C53H39N3/c1-6-19-38(20-7-1)43-29-17-33-47(36-43)52-54-51(42-27-14-5-15-28-42)55-53(56-52)48-34-18-31-45(37-48)44-30-16-32-46(35-44)50(41-25-12-4-13-26-41)49(39-21-8-2-9-22-39)40-23-10-3-11-24-40/h1-37,49-50H. The molecule has 0 fully saturated rings. The molecule has 0 aliphatic rings. The Labute approximate surface area is 328 Å². The Balaban J connectivity index is 1.14. The molecule has 0 aliphatic carbocycles. The van der Waals surface area contributed by atoms with Crippen molar-refractivity contribution in [1.82, 2.24) is 15.0 Å². The minimum Gasteiger partial charge on any atom is -0.208 e. The van der Waals surface area contributed by atoms with Crippen LogP contribution in [0.15, 0.2) is 224 Å². The van der Waals surface area contributed by atoms with Crippen LogP contribution in [0.25, 0.3) is 56.4 Å². The summed E-state index contributed by atoms with van der Waals surface area (Å²) in [6.45, 7) is 0. The van der Waals surface area contributed by atoms with Crippen molar-refractivity contribution < 1.29 is 0 Å². The van der Waals surface area contributed by atoms with Crippen LogP contribution in [0.3, 0.4) is 0 Å². The first kappa shape index (κ1) is 34.5. The van der Waals surface area contributed by atoms with E-state index in [1.54, 1.807) is 0 Å². The first-order valence-electron chi connectivity index (χ1n) is 19.1. The van der Waals surface area contributed by atoms with Crippen molar-refractivity contribution in [2.75, 3.05) is 0 Å². The fourth-order valence-corrected chi connectivity index (χ4v) is 7.70. The molecule has 0 amide bonds. The summed E-state index contributed by atoms with van der Waals surface area (Å²) in [5, 5.41) is 0. The lowest BCUT2D eigenvalue weighted by atomic mass is 9.73. The van der Waals surface area contributed by atoms with Crippen molar-refractivity contribution in [3.8, 4) is 56.4 Å². The third-order valence-electron chi connectivity index (χ3n) is 10.4. The van der Waals surface area contributed by atoms with E-state index in [2.05, 4.69) is 188 Å². The van der Waals surface area contributed by atoms with Crippen LogP contribution in [-0.4, -0.2) is 15.0 Å². The van der Waals surface area contributed by atoms with Gasteiger partial charge in [-0.05, 0) is 56.6 Å². The Bertz CT molecular complexity index is 2640. The highest BCUT2D eigenvalue weighted by atomic mass is 15.0. The van der Waals surface area contributed by atoms with Gasteiger partial charge in [-0.3, -0.25) is 0 Å². The first-order chi connectivity index (χ1) is 27.8. The summed E-state index contributed by atoms with van der Waals surface area (Å²) in [6.07, 6.45) is 0. The molecule has 1 unspecified atom stereocenters. The number of hydrogen-bond acceptors (Lipinski definition) is 3. The van der Waals surface area contributed by atoms with Gasteiger partial charge < -0.3 is 0 Å². The van der Waals surface area contributed by atoms with Crippen LogP contribution in [0.1, 0.15) is 34.1 Å². The maximum atomic E-state index is 5.12. The van der Waals surface area contributed by atoms with Gasteiger partial charge >= 0.3 is 0 Å². The van der Waals surface area contributed by atoms with Crippen molar-refractivity contribution in [2.45, 2.75) is 11.8 Å². The molecule has 1 atom stereocenters. The zero-order chi connectivity index (χ0) is 37.5. The van der Waals surface area contributed by atoms with E-state index in [4.69, 9.17) is 15.0 Å². The maximum Gasteiger partial charge on any atom is 0.164 e. The average Bonchev–Trinajstić information content (AvgIpc) is 3.29. The molecule has 56 heavy (non-hydrogen) atoms. The van der Waals surface area contributed by atoms with Crippen molar-refractivity contribution >= 4 is 0 Å². The Kier molecular flexibility index (Phi) is 9.88. The molecule has 0 saturated carbocycles. The van der Waals surface area contributed by atoms with Gasteiger partial charge in [-0.25, -0.2) is 15.0 Å². The summed E-state index contributed by atoms with van der Waals surface area (Å²) in [4.78, 5) is 15.2. The van der Waals surface area contributed by atoms with Crippen molar-refractivity contribution in [3.63, 3.8) is 0 Å². The molecular formula is C53H39N3. The van der Waals surface area contributed by atoms with Gasteiger partial charge in [-0.1, -0.05) is 212 Å². The van der Waals surface area contributed by atoms with Gasteiger partial charge in [0.15, 0.2) is 17.5 Å². The lowest BCUT2D eigenvalue weighted by Crippen LogP contribution is -2.14. The SMILES string of the molecule is c1ccc(-c2cccc(-c3nc(-c4ccccc4)nc(-c4cccc(-c5cccc(C(c6ccccc6)C(c6ccccc6)c6ccccc6)c5)c4)n3)c2)cc1. The van der Waals surface area contributed by atoms with Crippen LogP contribution >= 0.6 is 0 Å². The Morgan fingerprint density at radius 1 is 0.214 bits per heavy atom. The molecule has 0 aliphatic heterocycles. The highest BCUT2D eigenvalue weighted by Crippen LogP contribution is 2.44. The lowest BCUT2D eigenvalue weighted by Gasteiger charge is -2.30. The molecule has 9 aromatic rings. The van der Waals surface area contributed by atoms with E-state index < -0.39 is 0 Å². The molecule has 0 N–H and O–H groups in total. The monoisotopic (exact) mass is 717 g/mol. The predicted octanol–water partition coefficient (Wildman–Crippen LogP) is 13.2. The molecule has 3 nitrogen and oxygen atoms in total. The van der Waals surface area contributed by atoms with Crippen molar-refractivity contribution in [2.24, 2.45) is 0 Å². The summed E-state index contributed by atoms with van der Waals surface area (Å²) in [6, 6.07) is 79.3. The molecule has 0 bridgehead atoms. The topological polar surface area (TPSA) is 38.7 Å². The molecular weight excluding hydrogens is 679 g/mol. The second-order valence-corrected chi connectivity index (χ2v) is 14.0.